The summed E-state index contributed by atoms with van der Waals surface area (Å²) < 4.78 is 31.6. The van der Waals surface area contributed by atoms with Gasteiger partial charge in [0, 0.05) is 4.47 Å². The van der Waals surface area contributed by atoms with E-state index < -0.39 is 10.0 Å². The molecule has 2 aromatic rings. The third kappa shape index (κ3) is 2.28. The molecule has 1 N–H and O–H groups in total. The van der Waals surface area contributed by atoms with Gasteiger partial charge in [-0.2, -0.15) is 4.98 Å². The van der Waals surface area contributed by atoms with Crippen LogP contribution in [0.25, 0.3) is 0 Å². The van der Waals surface area contributed by atoms with E-state index in [2.05, 4.69) is 25.6 Å². The van der Waals surface area contributed by atoms with E-state index in [1.807, 2.05) is 0 Å². The molecule has 2 aromatic heterocycles. The molecule has 0 saturated carbocycles. The number of halogens is 1. The molecule has 0 unspecified atom stereocenters. The highest BCUT2D eigenvalue weighted by Crippen LogP contribution is 2.28. The first-order chi connectivity index (χ1) is 7.49. The van der Waals surface area contributed by atoms with Gasteiger partial charge in [0.25, 0.3) is 10.0 Å². The highest BCUT2D eigenvalue weighted by Gasteiger charge is 2.21. The average molecular weight is 323 g/mol. The van der Waals surface area contributed by atoms with Gasteiger partial charge in [0.05, 0.1) is 5.69 Å². The molecule has 0 aliphatic heterocycles. The lowest BCUT2D eigenvalue weighted by Gasteiger charge is -2.01. The Morgan fingerprint density at radius 3 is 2.81 bits per heavy atom. The normalized spacial score (nSPS) is 11.6. The number of sulfonamides is 1. The van der Waals surface area contributed by atoms with Gasteiger partial charge in [-0.05, 0) is 34.3 Å². The first kappa shape index (κ1) is 11.6. The van der Waals surface area contributed by atoms with Gasteiger partial charge in [-0.15, -0.1) is 11.3 Å². The molecule has 5 nitrogen and oxygen atoms in total. The fourth-order valence-corrected chi connectivity index (χ4v) is 4.31. The zero-order chi connectivity index (χ0) is 11.8. The molecule has 0 aliphatic rings. The van der Waals surface area contributed by atoms with Crippen LogP contribution < -0.4 is 4.72 Å². The Hall–Kier alpha value is -0.860. The van der Waals surface area contributed by atoms with Gasteiger partial charge in [-0.1, -0.05) is 0 Å². The van der Waals surface area contributed by atoms with Crippen LogP contribution in [-0.4, -0.2) is 13.4 Å². The van der Waals surface area contributed by atoms with Crippen LogP contribution in [0.1, 0.15) is 5.69 Å². The summed E-state index contributed by atoms with van der Waals surface area (Å²) in [6, 6.07) is 1.64. The Bertz CT molecular complexity index is 602. The maximum Gasteiger partial charge on any atom is 0.309 e. The zero-order valence-corrected chi connectivity index (χ0v) is 11.3. The first-order valence-corrected chi connectivity index (χ1v) is 7.32. The van der Waals surface area contributed by atoms with Crippen molar-refractivity contribution in [1.29, 1.82) is 0 Å². The number of aryl methyl sites for hydroxylation is 1. The fourth-order valence-electron chi connectivity index (χ4n) is 1.03. The molecule has 8 heteroatoms. The molecule has 0 amide bonds. The molecule has 0 fully saturated rings. The summed E-state index contributed by atoms with van der Waals surface area (Å²) >= 11 is 4.28. The number of aromatic nitrogens is 1. The van der Waals surface area contributed by atoms with Crippen molar-refractivity contribution in [3.05, 3.63) is 27.9 Å². The lowest BCUT2D eigenvalue weighted by Crippen LogP contribution is -2.12. The van der Waals surface area contributed by atoms with Gasteiger partial charge < -0.3 is 4.42 Å². The lowest BCUT2D eigenvalue weighted by atomic mass is 10.6. The van der Waals surface area contributed by atoms with E-state index >= 15 is 0 Å². The number of oxazole rings is 1. The van der Waals surface area contributed by atoms with Crippen LogP contribution in [0.4, 0.5) is 6.01 Å². The minimum atomic E-state index is -3.62. The van der Waals surface area contributed by atoms with Crippen LogP contribution in [0, 0.1) is 6.92 Å². The number of hydrogen-bond acceptors (Lipinski definition) is 5. The molecule has 0 aliphatic carbocycles. The summed E-state index contributed by atoms with van der Waals surface area (Å²) in [6.07, 6.45) is 1.38. The molecule has 0 saturated heterocycles. The van der Waals surface area contributed by atoms with Crippen LogP contribution >= 0.6 is 27.3 Å². The Morgan fingerprint density at radius 1 is 1.56 bits per heavy atom. The molecular weight excluding hydrogens is 316 g/mol. The van der Waals surface area contributed by atoms with Gasteiger partial charge in [0.2, 0.25) is 0 Å². The summed E-state index contributed by atoms with van der Waals surface area (Å²) in [5, 5.41) is 1.68. The molecule has 2 rings (SSSR count). The van der Waals surface area contributed by atoms with E-state index in [9.17, 15) is 8.42 Å². The molecule has 16 heavy (non-hydrogen) atoms. The van der Waals surface area contributed by atoms with Gasteiger partial charge in [-0.3, -0.25) is 0 Å². The SMILES string of the molecule is Cc1coc(NS(=O)(=O)c2sccc2Br)n1. The van der Waals surface area contributed by atoms with Crippen molar-refractivity contribution in [2.75, 3.05) is 4.72 Å². The lowest BCUT2D eigenvalue weighted by molar-refractivity contribution is 0.570. The molecule has 86 valence electrons. The summed E-state index contributed by atoms with van der Waals surface area (Å²) in [5.41, 5.74) is 0.614. The van der Waals surface area contributed by atoms with Gasteiger partial charge in [0.15, 0.2) is 4.21 Å². The second-order valence-corrected chi connectivity index (χ2v) is 6.60. The first-order valence-electron chi connectivity index (χ1n) is 4.17. The standard InChI is InChI=1S/C8H7BrN2O3S2/c1-5-4-14-8(10-5)11-16(12,13)7-6(9)2-3-15-7/h2-4H,1H3,(H,10,11). The minimum absolute atomic E-state index is 0.0298. The summed E-state index contributed by atoms with van der Waals surface area (Å²) in [5.74, 6) is 0. The molecule has 0 bridgehead atoms. The topological polar surface area (TPSA) is 72.2 Å². The monoisotopic (exact) mass is 322 g/mol. The number of nitrogens with zero attached hydrogens (tertiary/aromatic N) is 1. The van der Waals surface area contributed by atoms with Crippen molar-refractivity contribution in [2.45, 2.75) is 11.1 Å². The van der Waals surface area contributed by atoms with E-state index in [-0.39, 0.29) is 10.2 Å². The number of thiophene rings is 1. The molecular formula is C8H7BrN2O3S2. The zero-order valence-electron chi connectivity index (χ0n) is 8.10. The molecule has 0 aromatic carbocycles. The fraction of sp³-hybridized carbons (Fsp3) is 0.125. The van der Waals surface area contributed by atoms with Crippen molar-refractivity contribution in [2.24, 2.45) is 0 Å². The maximum atomic E-state index is 11.9. The number of hydrogen-bond donors (Lipinski definition) is 1. The Balaban J connectivity index is 2.31. The Labute approximate surface area is 105 Å². The van der Waals surface area contributed by atoms with Crippen molar-refractivity contribution in [3.8, 4) is 0 Å². The van der Waals surface area contributed by atoms with Crippen LogP contribution in [0.5, 0.6) is 0 Å². The van der Waals surface area contributed by atoms with Crippen molar-refractivity contribution >= 4 is 43.3 Å². The average Bonchev–Trinajstić information content (AvgIpc) is 2.74. The number of rotatable bonds is 3. The Morgan fingerprint density at radius 2 is 2.31 bits per heavy atom. The van der Waals surface area contributed by atoms with E-state index in [0.29, 0.717) is 10.2 Å². The predicted molar refractivity (Wildman–Crippen MR) is 64.1 cm³/mol. The van der Waals surface area contributed by atoms with Gasteiger partial charge >= 0.3 is 6.01 Å². The smallest absolute Gasteiger partial charge is 0.309 e. The predicted octanol–water partition coefficient (Wildman–Crippen LogP) is 2.61. The van der Waals surface area contributed by atoms with Crippen LogP contribution in [0.3, 0.4) is 0 Å². The highest BCUT2D eigenvalue weighted by molar-refractivity contribution is 9.10. The third-order valence-electron chi connectivity index (χ3n) is 1.67. The minimum Gasteiger partial charge on any atom is -0.431 e. The van der Waals surface area contributed by atoms with E-state index in [1.54, 1.807) is 18.4 Å². The van der Waals surface area contributed by atoms with Crippen LogP contribution in [0.15, 0.2) is 30.8 Å². The van der Waals surface area contributed by atoms with E-state index in [1.165, 1.54) is 6.26 Å². The second kappa shape index (κ2) is 4.19. The molecule has 0 spiro atoms. The van der Waals surface area contributed by atoms with Crippen LogP contribution in [-0.2, 0) is 10.0 Å². The maximum absolute atomic E-state index is 11.9. The molecule has 2 heterocycles. The quantitative estimate of drug-likeness (QED) is 0.942. The van der Waals surface area contributed by atoms with Gasteiger partial charge in [0.1, 0.15) is 6.26 Å². The number of anilines is 1. The van der Waals surface area contributed by atoms with Crippen molar-refractivity contribution in [3.63, 3.8) is 0 Å². The third-order valence-corrected chi connectivity index (χ3v) is 5.66. The summed E-state index contributed by atoms with van der Waals surface area (Å²) in [7, 11) is -3.62. The highest BCUT2D eigenvalue weighted by atomic mass is 79.9. The molecule has 0 radical (unpaired) electrons. The number of nitrogens with one attached hydrogen (secondary N) is 1. The second-order valence-electron chi connectivity index (χ2n) is 2.96. The van der Waals surface area contributed by atoms with E-state index in [4.69, 9.17) is 4.42 Å². The molecule has 0 atom stereocenters. The van der Waals surface area contributed by atoms with Gasteiger partial charge in [-0.25, -0.2) is 13.1 Å². The summed E-state index contributed by atoms with van der Waals surface area (Å²) in [6.45, 7) is 1.71. The Kier molecular flexibility index (Phi) is 3.04. The van der Waals surface area contributed by atoms with Crippen molar-refractivity contribution < 1.29 is 12.8 Å². The van der Waals surface area contributed by atoms with Crippen molar-refractivity contribution in [1.82, 2.24) is 4.98 Å². The largest absolute Gasteiger partial charge is 0.431 e. The van der Waals surface area contributed by atoms with E-state index in [0.717, 1.165) is 11.3 Å². The van der Waals surface area contributed by atoms with Crippen LogP contribution in [0.2, 0.25) is 0 Å². The summed E-state index contributed by atoms with van der Waals surface area (Å²) in [4.78, 5) is 3.87.